The Labute approximate surface area is 122 Å². The van der Waals surface area contributed by atoms with Crippen LogP contribution in [0, 0.1) is 5.92 Å². The van der Waals surface area contributed by atoms with Crippen molar-refractivity contribution in [3.05, 3.63) is 0 Å². The van der Waals surface area contributed by atoms with Crippen LogP contribution >= 0.6 is 0 Å². The first-order valence-electron chi connectivity index (χ1n) is 7.45. The molecule has 0 aromatic rings. The lowest BCUT2D eigenvalue weighted by Crippen LogP contribution is -2.50. The van der Waals surface area contributed by atoms with Gasteiger partial charge in [-0.05, 0) is 52.5 Å². The Balaban J connectivity index is 3.90. The van der Waals surface area contributed by atoms with Gasteiger partial charge in [0.15, 0.2) is 0 Å². The standard InChI is InChI=1S/C15H30N2O3/c1-6-15(4,5)17-14(20)12(3)16-10-9-11(2)7-8-13(18)19/h11-12,16H,6-10H2,1-5H3,(H,17,20)(H,18,19). The molecule has 0 aromatic heterocycles. The second-order valence-electron chi connectivity index (χ2n) is 6.23. The molecule has 0 aliphatic heterocycles. The van der Waals surface area contributed by atoms with Gasteiger partial charge in [0, 0.05) is 12.0 Å². The number of carbonyl (C=O) groups excluding carboxylic acids is 1. The van der Waals surface area contributed by atoms with Crippen molar-refractivity contribution in [2.24, 2.45) is 5.92 Å². The number of amides is 1. The maximum absolute atomic E-state index is 12.0. The van der Waals surface area contributed by atoms with Crippen molar-refractivity contribution in [2.45, 2.75) is 71.9 Å². The zero-order chi connectivity index (χ0) is 15.8. The number of nitrogens with one attached hydrogen (secondary N) is 2. The fraction of sp³-hybridized carbons (Fsp3) is 0.867. The van der Waals surface area contributed by atoms with Crippen molar-refractivity contribution < 1.29 is 14.7 Å². The Kier molecular flexibility index (Phi) is 8.46. The first-order valence-corrected chi connectivity index (χ1v) is 7.45. The second-order valence-corrected chi connectivity index (χ2v) is 6.23. The Morgan fingerprint density at radius 2 is 1.80 bits per heavy atom. The summed E-state index contributed by atoms with van der Waals surface area (Å²) in [6.45, 7) is 10.7. The van der Waals surface area contributed by atoms with Crippen molar-refractivity contribution in [1.82, 2.24) is 10.6 Å². The Morgan fingerprint density at radius 1 is 1.20 bits per heavy atom. The molecule has 0 bridgehead atoms. The molecule has 0 saturated carbocycles. The summed E-state index contributed by atoms with van der Waals surface area (Å²) in [5.41, 5.74) is -0.179. The number of hydrogen-bond donors (Lipinski definition) is 3. The summed E-state index contributed by atoms with van der Waals surface area (Å²) in [6, 6.07) is -0.229. The van der Waals surface area contributed by atoms with E-state index in [1.807, 2.05) is 34.6 Å². The lowest BCUT2D eigenvalue weighted by atomic mass is 10.0. The highest BCUT2D eigenvalue weighted by Gasteiger charge is 2.21. The molecule has 118 valence electrons. The molecule has 5 heteroatoms. The minimum absolute atomic E-state index is 0.00930. The van der Waals surface area contributed by atoms with E-state index in [1.54, 1.807) is 0 Å². The van der Waals surface area contributed by atoms with E-state index in [0.29, 0.717) is 12.3 Å². The summed E-state index contributed by atoms with van der Waals surface area (Å²) in [4.78, 5) is 22.4. The molecule has 0 spiro atoms. The second kappa shape index (κ2) is 8.95. The highest BCUT2D eigenvalue weighted by atomic mass is 16.4. The van der Waals surface area contributed by atoms with E-state index in [9.17, 15) is 9.59 Å². The molecule has 2 atom stereocenters. The molecule has 5 nitrogen and oxygen atoms in total. The lowest BCUT2D eigenvalue weighted by Gasteiger charge is -2.27. The van der Waals surface area contributed by atoms with Gasteiger partial charge in [0.1, 0.15) is 0 Å². The van der Waals surface area contributed by atoms with E-state index in [0.717, 1.165) is 19.4 Å². The fourth-order valence-corrected chi connectivity index (χ4v) is 1.68. The molecule has 0 aliphatic rings. The minimum Gasteiger partial charge on any atom is -0.481 e. The molecule has 2 unspecified atom stereocenters. The van der Waals surface area contributed by atoms with Gasteiger partial charge >= 0.3 is 5.97 Å². The monoisotopic (exact) mass is 286 g/mol. The smallest absolute Gasteiger partial charge is 0.303 e. The van der Waals surface area contributed by atoms with Gasteiger partial charge < -0.3 is 15.7 Å². The van der Waals surface area contributed by atoms with Gasteiger partial charge in [-0.15, -0.1) is 0 Å². The molecular formula is C15H30N2O3. The van der Waals surface area contributed by atoms with E-state index < -0.39 is 5.97 Å². The summed E-state index contributed by atoms with van der Waals surface area (Å²) < 4.78 is 0. The van der Waals surface area contributed by atoms with Crippen LogP contribution < -0.4 is 10.6 Å². The summed E-state index contributed by atoms with van der Waals surface area (Å²) in [7, 11) is 0. The Bertz CT molecular complexity index is 316. The van der Waals surface area contributed by atoms with Crippen LogP contribution in [0.4, 0.5) is 0 Å². The molecule has 0 heterocycles. The normalized spacial score (nSPS) is 14.7. The maximum Gasteiger partial charge on any atom is 0.303 e. The van der Waals surface area contributed by atoms with Crippen molar-refractivity contribution in [2.75, 3.05) is 6.54 Å². The molecule has 0 aliphatic carbocycles. The summed E-state index contributed by atoms with van der Waals surface area (Å²) in [6.07, 6.45) is 2.65. The highest BCUT2D eigenvalue weighted by molar-refractivity contribution is 5.81. The van der Waals surface area contributed by atoms with Gasteiger partial charge in [0.25, 0.3) is 0 Å². The highest BCUT2D eigenvalue weighted by Crippen LogP contribution is 2.10. The van der Waals surface area contributed by atoms with Crippen LogP contribution in [0.25, 0.3) is 0 Å². The maximum atomic E-state index is 12.0. The van der Waals surface area contributed by atoms with Crippen LogP contribution in [0.2, 0.25) is 0 Å². The SMILES string of the molecule is CCC(C)(C)NC(=O)C(C)NCCC(C)CCC(=O)O. The predicted molar refractivity (Wildman–Crippen MR) is 80.6 cm³/mol. The van der Waals surface area contributed by atoms with E-state index in [-0.39, 0.29) is 23.9 Å². The first-order chi connectivity index (χ1) is 9.18. The molecule has 0 rings (SSSR count). The number of rotatable bonds is 10. The summed E-state index contributed by atoms with van der Waals surface area (Å²) in [5.74, 6) is -0.393. The largest absolute Gasteiger partial charge is 0.481 e. The van der Waals surface area contributed by atoms with Crippen LogP contribution in [0.15, 0.2) is 0 Å². The Morgan fingerprint density at radius 3 is 2.30 bits per heavy atom. The topological polar surface area (TPSA) is 78.4 Å². The Hall–Kier alpha value is -1.10. The number of hydrogen-bond acceptors (Lipinski definition) is 3. The molecule has 0 fully saturated rings. The number of carboxylic acid groups (broad SMARTS) is 1. The molecular weight excluding hydrogens is 256 g/mol. The third-order valence-corrected chi connectivity index (χ3v) is 3.68. The number of carbonyl (C=O) groups is 2. The molecule has 20 heavy (non-hydrogen) atoms. The quantitative estimate of drug-likeness (QED) is 0.575. The zero-order valence-electron chi connectivity index (χ0n) is 13.5. The third-order valence-electron chi connectivity index (χ3n) is 3.68. The molecule has 3 N–H and O–H groups in total. The molecule has 0 saturated heterocycles. The first kappa shape index (κ1) is 18.9. The zero-order valence-corrected chi connectivity index (χ0v) is 13.5. The fourth-order valence-electron chi connectivity index (χ4n) is 1.68. The van der Waals surface area contributed by atoms with E-state index in [2.05, 4.69) is 10.6 Å². The summed E-state index contributed by atoms with van der Waals surface area (Å²) in [5, 5.41) is 14.8. The molecule has 1 amide bonds. The average molecular weight is 286 g/mol. The molecule has 0 radical (unpaired) electrons. The van der Waals surface area contributed by atoms with E-state index in [4.69, 9.17) is 5.11 Å². The van der Waals surface area contributed by atoms with Crippen molar-refractivity contribution >= 4 is 11.9 Å². The van der Waals surface area contributed by atoms with Gasteiger partial charge in [0.2, 0.25) is 5.91 Å². The van der Waals surface area contributed by atoms with Crippen LogP contribution in [0.3, 0.4) is 0 Å². The van der Waals surface area contributed by atoms with Crippen LogP contribution in [0.5, 0.6) is 0 Å². The van der Waals surface area contributed by atoms with E-state index in [1.165, 1.54) is 0 Å². The average Bonchev–Trinajstić information content (AvgIpc) is 2.35. The van der Waals surface area contributed by atoms with Crippen molar-refractivity contribution in [3.8, 4) is 0 Å². The van der Waals surface area contributed by atoms with Crippen LogP contribution in [-0.2, 0) is 9.59 Å². The van der Waals surface area contributed by atoms with Gasteiger partial charge in [-0.3, -0.25) is 9.59 Å². The van der Waals surface area contributed by atoms with E-state index >= 15 is 0 Å². The minimum atomic E-state index is -0.751. The van der Waals surface area contributed by atoms with Crippen LogP contribution in [-0.4, -0.2) is 35.1 Å². The number of carboxylic acids is 1. The predicted octanol–water partition coefficient (Wildman–Crippen LogP) is 2.16. The number of aliphatic carboxylic acids is 1. The van der Waals surface area contributed by atoms with Gasteiger partial charge in [-0.2, -0.15) is 0 Å². The lowest BCUT2D eigenvalue weighted by molar-refractivity contribution is -0.137. The van der Waals surface area contributed by atoms with Gasteiger partial charge in [0.05, 0.1) is 6.04 Å². The molecule has 0 aromatic carbocycles. The van der Waals surface area contributed by atoms with Crippen molar-refractivity contribution in [3.63, 3.8) is 0 Å². The van der Waals surface area contributed by atoms with Crippen molar-refractivity contribution in [1.29, 1.82) is 0 Å². The summed E-state index contributed by atoms with van der Waals surface area (Å²) >= 11 is 0. The van der Waals surface area contributed by atoms with Gasteiger partial charge in [-0.1, -0.05) is 13.8 Å². The third kappa shape index (κ3) is 8.91. The van der Waals surface area contributed by atoms with Gasteiger partial charge in [-0.25, -0.2) is 0 Å². The van der Waals surface area contributed by atoms with Crippen LogP contribution in [0.1, 0.15) is 60.3 Å².